The number of piperazine rings is 1. The lowest BCUT2D eigenvalue weighted by Gasteiger charge is -2.37. The zero-order chi connectivity index (χ0) is 13.7. The van der Waals surface area contributed by atoms with Crippen LogP contribution >= 0.6 is 11.3 Å². The third-order valence-electron chi connectivity index (χ3n) is 3.56. The number of ether oxygens (including phenoxy) is 1. The number of aromatic nitrogens is 1. The van der Waals surface area contributed by atoms with Crippen LogP contribution in [0.5, 0.6) is 0 Å². The number of rotatable bonds is 6. The second kappa shape index (κ2) is 7.19. The lowest BCUT2D eigenvalue weighted by molar-refractivity contribution is 0.199. The first-order valence-electron chi connectivity index (χ1n) is 6.80. The molecule has 2 rings (SSSR count). The molecule has 1 unspecified atom stereocenters. The van der Waals surface area contributed by atoms with Gasteiger partial charge in [0.15, 0.2) is 5.13 Å². The monoisotopic (exact) mass is 284 g/mol. The van der Waals surface area contributed by atoms with Gasteiger partial charge in [0.1, 0.15) is 0 Å². The summed E-state index contributed by atoms with van der Waals surface area (Å²) in [7, 11) is 3.91. The molecule has 0 spiro atoms. The van der Waals surface area contributed by atoms with Gasteiger partial charge in [-0.2, -0.15) is 0 Å². The normalized spacial score (nSPS) is 21.0. The van der Waals surface area contributed by atoms with E-state index in [4.69, 9.17) is 9.72 Å². The second-order valence-corrected chi connectivity index (χ2v) is 5.90. The van der Waals surface area contributed by atoms with Crippen LogP contribution in [0.4, 0.5) is 5.13 Å². The van der Waals surface area contributed by atoms with E-state index in [2.05, 4.69) is 34.5 Å². The Morgan fingerprint density at radius 1 is 1.53 bits per heavy atom. The van der Waals surface area contributed by atoms with Gasteiger partial charge in [0.05, 0.1) is 12.3 Å². The van der Waals surface area contributed by atoms with Crippen molar-refractivity contribution < 1.29 is 4.74 Å². The maximum absolute atomic E-state index is 5.01. The molecule has 19 heavy (non-hydrogen) atoms. The summed E-state index contributed by atoms with van der Waals surface area (Å²) in [5.74, 6) is 0. The Bertz CT molecular complexity index is 384. The molecule has 1 N–H and O–H groups in total. The number of hydrogen-bond acceptors (Lipinski definition) is 6. The Morgan fingerprint density at radius 3 is 3.11 bits per heavy atom. The summed E-state index contributed by atoms with van der Waals surface area (Å²) in [6.45, 7) is 7.96. The van der Waals surface area contributed by atoms with Gasteiger partial charge in [-0.3, -0.25) is 0 Å². The Hall–Kier alpha value is -0.690. The number of nitrogens with zero attached hydrogens (tertiary/aromatic N) is 3. The van der Waals surface area contributed by atoms with Crippen LogP contribution in [0.15, 0.2) is 5.38 Å². The number of anilines is 1. The number of thiazole rings is 1. The van der Waals surface area contributed by atoms with Crippen molar-refractivity contribution in [3.8, 4) is 0 Å². The predicted molar refractivity (Wildman–Crippen MR) is 80.0 cm³/mol. The Balaban J connectivity index is 1.83. The quantitative estimate of drug-likeness (QED) is 0.790. The molecule has 1 aromatic heterocycles. The molecule has 0 radical (unpaired) electrons. The summed E-state index contributed by atoms with van der Waals surface area (Å²) in [4.78, 5) is 9.51. The standard InChI is InChI=1S/C13H24N4OS/c1-11-9-17(6-5-16(11)2)13-15-12(10-19-13)8-14-4-7-18-3/h10-11,14H,4-9H2,1-3H3. The summed E-state index contributed by atoms with van der Waals surface area (Å²) < 4.78 is 5.01. The van der Waals surface area contributed by atoms with E-state index in [1.165, 1.54) is 0 Å². The van der Waals surface area contributed by atoms with Crippen molar-refractivity contribution in [2.24, 2.45) is 0 Å². The highest BCUT2D eigenvalue weighted by Crippen LogP contribution is 2.23. The van der Waals surface area contributed by atoms with E-state index in [1.54, 1.807) is 18.4 Å². The molecule has 1 aliphatic rings. The van der Waals surface area contributed by atoms with Crippen LogP contribution in [-0.2, 0) is 11.3 Å². The minimum Gasteiger partial charge on any atom is -0.383 e. The fourth-order valence-electron chi connectivity index (χ4n) is 2.14. The van der Waals surface area contributed by atoms with Crippen LogP contribution in [0.25, 0.3) is 0 Å². The summed E-state index contributed by atoms with van der Waals surface area (Å²) in [5.41, 5.74) is 1.13. The number of hydrogen-bond donors (Lipinski definition) is 1. The van der Waals surface area contributed by atoms with Gasteiger partial charge in [-0.25, -0.2) is 4.98 Å². The van der Waals surface area contributed by atoms with Gasteiger partial charge in [0, 0.05) is 51.3 Å². The molecule has 1 aliphatic heterocycles. The van der Waals surface area contributed by atoms with Crippen molar-refractivity contribution in [1.29, 1.82) is 0 Å². The van der Waals surface area contributed by atoms with E-state index in [0.717, 1.165) is 50.2 Å². The SMILES string of the molecule is COCCNCc1csc(N2CCN(C)C(C)C2)n1. The molecule has 2 heterocycles. The highest BCUT2D eigenvalue weighted by molar-refractivity contribution is 7.13. The summed E-state index contributed by atoms with van der Waals surface area (Å²) in [6, 6.07) is 0.598. The fourth-order valence-corrected chi connectivity index (χ4v) is 3.00. The average Bonchev–Trinajstić information content (AvgIpc) is 2.87. The first kappa shape index (κ1) is 14.7. The van der Waals surface area contributed by atoms with Crippen molar-refractivity contribution in [2.45, 2.75) is 19.5 Å². The molecule has 0 aromatic carbocycles. The lowest BCUT2D eigenvalue weighted by Crippen LogP contribution is -2.50. The third kappa shape index (κ3) is 4.14. The molecule has 1 aromatic rings. The zero-order valence-corrected chi connectivity index (χ0v) is 12.9. The first-order valence-corrected chi connectivity index (χ1v) is 7.68. The Morgan fingerprint density at radius 2 is 2.37 bits per heavy atom. The molecular formula is C13H24N4OS. The molecule has 1 atom stereocenters. The molecule has 0 bridgehead atoms. The van der Waals surface area contributed by atoms with Crippen LogP contribution in [0, 0.1) is 0 Å². The molecule has 108 valence electrons. The molecule has 1 fully saturated rings. The second-order valence-electron chi connectivity index (χ2n) is 5.07. The molecular weight excluding hydrogens is 260 g/mol. The topological polar surface area (TPSA) is 40.6 Å². The maximum Gasteiger partial charge on any atom is 0.185 e. The highest BCUT2D eigenvalue weighted by Gasteiger charge is 2.22. The van der Waals surface area contributed by atoms with Crippen molar-refractivity contribution in [3.63, 3.8) is 0 Å². The fraction of sp³-hybridized carbons (Fsp3) is 0.769. The van der Waals surface area contributed by atoms with E-state index < -0.39 is 0 Å². The van der Waals surface area contributed by atoms with Crippen molar-refractivity contribution in [1.82, 2.24) is 15.2 Å². The number of methoxy groups -OCH3 is 1. The first-order chi connectivity index (χ1) is 9.20. The van der Waals surface area contributed by atoms with Crippen LogP contribution < -0.4 is 10.2 Å². The molecule has 0 saturated carbocycles. The summed E-state index contributed by atoms with van der Waals surface area (Å²) >= 11 is 1.75. The lowest BCUT2D eigenvalue weighted by atomic mass is 10.2. The minimum absolute atomic E-state index is 0.598. The Labute approximate surface area is 119 Å². The van der Waals surface area contributed by atoms with Crippen LogP contribution in [-0.4, -0.2) is 62.9 Å². The highest BCUT2D eigenvalue weighted by atomic mass is 32.1. The van der Waals surface area contributed by atoms with E-state index in [9.17, 15) is 0 Å². The van der Waals surface area contributed by atoms with Crippen molar-refractivity contribution >= 4 is 16.5 Å². The predicted octanol–water partition coefficient (Wildman–Crippen LogP) is 1.02. The van der Waals surface area contributed by atoms with Gasteiger partial charge in [-0.1, -0.05) is 0 Å². The number of likely N-dealkylation sites (N-methyl/N-ethyl adjacent to an activating group) is 1. The van der Waals surface area contributed by atoms with Gasteiger partial charge in [0.25, 0.3) is 0 Å². The summed E-state index contributed by atoms with van der Waals surface area (Å²) in [5, 5.41) is 6.63. The number of nitrogens with one attached hydrogen (secondary N) is 1. The van der Waals surface area contributed by atoms with Gasteiger partial charge >= 0.3 is 0 Å². The molecule has 6 heteroatoms. The van der Waals surface area contributed by atoms with E-state index in [1.807, 2.05) is 0 Å². The van der Waals surface area contributed by atoms with Crippen LogP contribution in [0.2, 0.25) is 0 Å². The minimum atomic E-state index is 0.598. The van der Waals surface area contributed by atoms with E-state index in [-0.39, 0.29) is 0 Å². The zero-order valence-electron chi connectivity index (χ0n) is 12.1. The largest absolute Gasteiger partial charge is 0.383 e. The molecule has 5 nitrogen and oxygen atoms in total. The van der Waals surface area contributed by atoms with Crippen molar-refractivity contribution in [2.75, 3.05) is 51.8 Å². The Kier molecular flexibility index (Phi) is 5.57. The van der Waals surface area contributed by atoms with Gasteiger partial charge in [-0.05, 0) is 14.0 Å². The van der Waals surface area contributed by atoms with Crippen LogP contribution in [0.1, 0.15) is 12.6 Å². The van der Waals surface area contributed by atoms with E-state index >= 15 is 0 Å². The van der Waals surface area contributed by atoms with Crippen molar-refractivity contribution in [3.05, 3.63) is 11.1 Å². The van der Waals surface area contributed by atoms with Crippen LogP contribution in [0.3, 0.4) is 0 Å². The van der Waals surface area contributed by atoms with Gasteiger partial charge in [-0.15, -0.1) is 11.3 Å². The third-order valence-corrected chi connectivity index (χ3v) is 4.51. The van der Waals surface area contributed by atoms with Gasteiger partial charge < -0.3 is 19.9 Å². The summed E-state index contributed by atoms with van der Waals surface area (Å²) in [6.07, 6.45) is 0. The molecule has 1 saturated heterocycles. The smallest absolute Gasteiger partial charge is 0.185 e. The maximum atomic E-state index is 5.01. The molecule has 0 aliphatic carbocycles. The average molecular weight is 284 g/mol. The van der Waals surface area contributed by atoms with Gasteiger partial charge in [0.2, 0.25) is 0 Å². The molecule has 0 amide bonds. The van der Waals surface area contributed by atoms with E-state index in [0.29, 0.717) is 6.04 Å².